The highest BCUT2D eigenvalue weighted by Crippen LogP contribution is 2.27. The Morgan fingerprint density at radius 1 is 0.967 bits per heavy atom. The zero-order valence-electron chi connectivity index (χ0n) is 18.2. The predicted molar refractivity (Wildman–Crippen MR) is 121 cm³/mol. The topological polar surface area (TPSA) is 48.7 Å². The summed E-state index contributed by atoms with van der Waals surface area (Å²) in [5, 5.41) is 4.00. The summed E-state index contributed by atoms with van der Waals surface area (Å²) in [4.78, 5) is 17.7. The Balaban J connectivity index is 1.34. The molecule has 5 nitrogen and oxygen atoms in total. The summed E-state index contributed by atoms with van der Waals surface area (Å²) in [6.07, 6.45) is 0. The van der Waals surface area contributed by atoms with Crippen LogP contribution in [0.15, 0.2) is 46.9 Å². The van der Waals surface area contributed by atoms with Gasteiger partial charge >= 0.3 is 0 Å². The van der Waals surface area contributed by atoms with Crippen molar-refractivity contribution in [3.05, 3.63) is 70.5 Å². The minimum atomic E-state index is -0.166. The number of furan rings is 1. The minimum Gasteiger partial charge on any atom is -0.450 e. The zero-order valence-corrected chi connectivity index (χ0v) is 18.2. The summed E-state index contributed by atoms with van der Waals surface area (Å²) < 4.78 is 5.88. The van der Waals surface area contributed by atoms with Gasteiger partial charge in [-0.1, -0.05) is 49.4 Å². The molecule has 2 aromatic carbocycles. The molecule has 0 saturated carbocycles. The van der Waals surface area contributed by atoms with Gasteiger partial charge in [0.1, 0.15) is 5.58 Å². The van der Waals surface area contributed by atoms with Gasteiger partial charge in [0.05, 0.1) is 0 Å². The van der Waals surface area contributed by atoms with Gasteiger partial charge in [0.2, 0.25) is 0 Å². The Hall–Kier alpha value is -2.63. The smallest absolute Gasteiger partial charge is 0.287 e. The van der Waals surface area contributed by atoms with Crippen molar-refractivity contribution in [1.82, 2.24) is 15.1 Å². The van der Waals surface area contributed by atoms with Crippen molar-refractivity contribution < 1.29 is 9.21 Å². The second-order valence-electron chi connectivity index (χ2n) is 8.22. The first-order chi connectivity index (χ1) is 14.5. The van der Waals surface area contributed by atoms with Crippen molar-refractivity contribution in [3.8, 4) is 0 Å². The number of para-hydroxylation sites is 1. The van der Waals surface area contributed by atoms with Crippen molar-refractivity contribution in [1.29, 1.82) is 0 Å². The largest absolute Gasteiger partial charge is 0.450 e. The lowest BCUT2D eigenvalue weighted by Crippen LogP contribution is -2.45. The molecule has 1 aliphatic heterocycles. The third-order valence-corrected chi connectivity index (χ3v) is 6.16. The summed E-state index contributed by atoms with van der Waals surface area (Å²) >= 11 is 0. The first-order valence-electron chi connectivity index (χ1n) is 10.8. The highest BCUT2D eigenvalue weighted by Gasteiger charge is 2.18. The Labute approximate surface area is 178 Å². The summed E-state index contributed by atoms with van der Waals surface area (Å²) in [5.74, 6) is 0.239. The molecule has 0 spiro atoms. The Morgan fingerprint density at radius 3 is 2.30 bits per heavy atom. The number of carbonyl (C=O) groups excluding carboxylic acids is 1. The number of nitrogens with one attached hydrogen (secondary N) is 1. The molecule has 4 rings (SSSR count). The summed E-state index contributed by atoms with van der Waals surface area (Å²) in [5.41, 5.74) is 5.14. The average Bonchev–Trinajstić information content (AvgIpc) is 3.12. The summed E-state index contributed by atoms with van der Waals surface area (Å²) in [7, 11) is 0. The number of piperazine rings is 1. The van der Waals surface area contributed by atoms with E-state index in [4.69, 9.17) is 4.42 Å². The van der Waals surface area contributed by atoms with Gasteiger partial charge in [-0.25, -0.2) is 0 Å². The molecule has 1 saturated heterocycles. The lowest BCUT2D eigenvalue weighted by molar-refractivity contribution is 0.0924. The molecule has 2 heterocycles. The van der Waals surface area contributed by atoms with E-state index >= 15 is 0 Å². The van der Waals surface area contributed by atoms with Gasteiger partial charge in [0, 0.05) is 50.2 Å². The van der Waals surface area contributed by atoms with Crippen LogP contribution in [-0.2, 0) is 13.1 Å². The van der Waals surface area contributed by atoms with Gasteiger partial charge < -0.3 is 14.6 Å². The van der Waals surface area contributed by atoms with E-state index < -0.39 is 0 Å². The van der Waals surface area contributed by atoms with Gasteiger partial charge in [-0.2, -0.15) is 0 Å². The number of hydrogen-bond donors (Lipinski definition) is 1. The number of carbonyl (C=O) groups is 1. The maximum absolute atomic E-state index is 12.7. The third kappa shape index (κ3) is 4.42. The van der Waals surface area contributed by atoms with Crippen molar-refractivity contribution in [2.75, 3.05) is 32.7 Å². The predicted octanol–water partition coefficient (Wildman–Crippen LogP) is 4.12. The van der Waals surface area contributed by atoms with E-state index in [9.17, 15) is 4.79 Å². The molecule has 1 amide bonds. The molecule has 0 unspecified atom stereocenters. The van der Waals surface area contributed by atoms with Gasteiger partial charge in [0.15, 0.2) is 5.76 Å². The molecular weight excluding hydrogens is 374 g/mol. The van der Waals surface area contributed by atoms with Crippen LogP contribution in [-0.4, -0.2) is 48.4 Å². The van der Waals surface area contributed by atoms with Crippen LogP contribution in [0.5, 0.6) is 0 Å². The fraction of sp³-hybridized carbons (Fsp3) is 0.400. The van der Waals surface area contributed by atoms with E-state index in [1.54, 1.807) is 0 Å². The number of benzene rings is 2. The summed E-state index contributed by atoms with van der Waals surface area (Å²) in [6, 6.07) is 14.5. The van der Waals surface area contributed by atoms with E-state index in [2.05, 4.69) is 46.3 Å². The normalized spacial score (nSPS) is 15.6. The maximum atomic E-state index is 12.7. The summed E-state index contributed by atoms with van der Waals surface area (Å²) in [6.45, 7) is 13.3. The Kier molecular flexibility index (Phi) is 6.21. The van der Waals surface area contributed by atoms with E-state index in [1.807, 2.05) is 32.0 Å². The number of nitrogens with zero attached hydrogens (tertiary/aromatic N) is 2. The number of amides is 1. The van der Waals surface area contributed by atoms with E-state index in [-0.39, 0.29) is 5.91 Å². The number of likely N-dealkylation sites (N-methyl/N-ethyl adjacent to an activating group) is 1. The van der Waals surface area contributed by atoms with E-state index in [0.29, 0.717) is 12.3 Å². The van der Waals surface area contributed by atoms with Gasteiger partial charge in [-0.3, -0.25) is 9.69 Å². The van der Waals surface area contributed by atoms with E-state index in [1.165, 1.54) is 5.56 Å². The SMILES string of the molecule is CCN1CCN(Cc2ccc(CNC(=O)c3oc4c(C)cccc4c3C)cc2)CC1. The monoisotopic (exact) mass is 405 g/mol. The lowest BCUT2D eigenvalue weighted by atomic mass is 10.1. The number of aryl methyl sites for hydroxylation is 2. The van der Waals surface area contributed by atoms with Gasteiger partial charge in [0.25, 0.3) is 5.91 Å². The zero-order chi connectivity index (χ0) is 21.1. The molecular formula is C25H31N3O2. The molecule has 3 aromatic rings. The molecule has 1 aliphatic rings. The quantitative estimate of drug-likeness (QED) is 0.670. The second-order valence-corrected chi connectivity index (χ2v) is 8.22. The van der Waals surface area contributed by atoms with Crippen LogP contribution in [0.3, 0.4) is 0 Å². The fourth-order valence-corrected chi connectivity index (χ4v) is 4.15. The molecule has 1 N–H and O–H groups in total. The van der Waals surface area contributed by atoms with Crippen molar-refractivity contribution in [3.63, 3.8) is 0 Å². The van der Waals surface area contributed by atoms with Crippen LogP contribution in [0.2, 0.25) is 0 Å². The van der Waals surface area contributed by atoms with E-state index in [0.717, 1.165) is 66.9 Å². The fourth-order valence-electron chi connectivity index (χ4n) is 4.15. The molecule has 0 bridgehead atoms. The van der Waals surface area contributed by atoms with Crippen LogP contribution < -0.4 is 5.32 Å². The number of hydrogen-bond acceptors (Lipinski definition) is 4. The van der Waals surface area contributed by atoms with Crippen molar-refractivity contribution in [2.45, 2.75) is 33.9 Å². The molecule has 30 heavy (non-hydrogen) atoms. The van der Waals surface area contributed by atoms with Crippen molar-refractivity contribution >= 4 is 16.9 Å². The Bertz CT molecular complexity index is 1010. The molecule has 0 atom stereocenters. The minimum absolute atomic E-state index is 0.166. The van der Waals surface area contributed by atoms with Crippen LogP contribution in [0.25, 0.3) is 11.0 Å². The maximum Gasteiger partial charge on any atom is 0.287 e. The van der Waals surface area contributed by atoms with Gasteiger partial charge in [-0.15, -0.1) is 0 Å². The lowest BCUT2D eigenvalue weighted by Gasteiger charge is -2.34. The van der Waals surface area contributed by atoms with Crippen LogP contribution >= 0.6 is 0 Å². The second kappa shape index (κ2) is 9.02. The highest BCUT2D eigenvalue weighted by molar-refractivity contribution is 5.99. The Morgan fingerprint density at radius 2 is 1.63 bits per heavy atom. The molecule has 1 fully saturated rings. The molecule has 0 radical (unpaired) electrons. The average molecular weight is 406 g/mol. The molecule has 5 heteroatoms. The standard InChI is InChI=1S/C25H31N3O2/c1-4-27-12-14-28(15-13-27)17-21-10-8-20(9-11-21)16-26-25(29)24-19(3)22-7-5-6-18(2)23(22)30-24/h5-11H,4,12-17H2,1-3H3,(H,26,29). The highest BCUT2D eigenvalue weighted by atomic mass is 16.3. The third-order valence-electron chi connectivity index (χ3n) is 6.16. The number of rotatable bonds is 6. The van der Waals surface area contributed by atoms with Crippen molar-refractivity contribution in [2.24, 2.45) is 0 Å². The first kappa shape index (κ1) is 20.6. The first-order valence-corrected chi connectivity index (χ1v) is 10.8. The van der Waals surface area contributed by atoms with Crippen LogP contribution in [0.4, 0.5) is 0 Å². The number of fused-ring (bicyclic) bond motifs is 1. The van der Waals surface area contributed by atoms with Gasteiger partial charge in [-0.05, 0) is 37.1 Å². The molecule has 1 aromatic heterocycles. The van der Waals surface area contributed by atoms with Crippen LogP contribution in [0, 0.1) is 13.8 Å². The molecule has 0 aliphatic carbocycles. The van der Waals surface area contributed by atoms with Crippen LogP contribution in [0.1, 0.15) is 39.7 Å². The molecule has 158 valence electrons.